The molecule has 2 aromatic carbocycles. The molecule has 2 nitrogen and oxygen atoms in total. The van der Waals surface area contributed by atoms with Gasteiger partial charge in [0.15, 0.2) is 0 Å². The van der Waals surface area contributed by atoms with Crippen molar-refractivity contribution in [2.24, 2.45) is 0 Å². The quantitative estimate of drug-likeness (QED) is 0.709. The van der Waals surface area contributed by atoms with Gasteiger partial charge in [0.05, 0.1) is 0 Å². The molecule has 0 unspecified atom stereocenters. The first-order chi connectivity index (χ1) is 10.7. The van der Waals surface area contributed by atoms with E-state index in [9.17, 15) is 8.42 Å². The molecular weight excluding hydrogens is 387 g/mol. The number of rotatable bonds is 5. The molecule has 0 amide bonds. The van der Waals surface area contributed by atoms with E-state index in [-0.39, 0.29) is 15.0 Å². The third-order valence-corrected chi connectivity index (χ3v) is 13.1. The van der Waals surface area contributed by atoms with E-state index < -0.39 is 17.9 Å². The molecule has 23 heavy (non-hydrogen) atoms. The summed E-state index contributed by atoms with van der Waals surface area (Å²) in [6.07, 6.45) is 0. The van der Waals surface area contributed by atoms with Gasteiger partial charge in [-0.3, -0.25) is 0 Å². The van der Waals surface area contributed by atoms with Crippen LogP contribution in [0.2, 0.25) is 19.6 Å². The molecule has 0 aliphatic rings. The van der Waals surface area contributed by atoms with Gasteiger partial charge < -0.3 is 0 Å². The van der Waals surface area contributed by atoms with Crippen LogP contribution in [0.15, 0.2) is 69.0 Å². The summed E-state index contributed by atoms with van der Waals surface area (Å²) < 4.78 is 27.8. The van der Waals surface area contributed by atoms with Crippen LogP contribution in [0.4, 0.5) is 0 Å². The van der Waals surface area contributed by atoms with Gasteiger partial charge in [-0.15, -0.1) is 0 Å². The Balaban J connectivity index is 2.42. The van der Waals surface area contributed by atoms with Crippen LogP contribution in [-0.2, 0) is 9.84 Å². The first kappa shape index (κ1) is 18.2. The molecule has 5 heteroatoms. The van der Waals surface area contributed by atoms with Gasteiger partial charge in [-0.05, 0) is 0 Å². The fourth-order valence-corrected chi connectivity index (χ4v) is 9.86. The molecule has 122 valence electrons. The molecule has 0 bridgehead atoms. The summed E-state index contributed by atoms with van der Waals surface area (Å²) in [5.74, 6) is 0. The standard InChI is InChI=1S/C18H22O2SSeSi/c1-15-10-12-16(13-11-15)21(19,20)14-18(23(2,3)4)22-17-8-6-5-7-9-17/h5-14H,1-4H3/b18-14-. The average Bonchev–Trinajstić information content (AvgIpc) is 2.47. The maximum atomic E-state index is 12.7. The second kappa shape index (κ2) is 7.18. The van der Waals surface area contributed by atoms with Crippen LogP contribution in [-0.4, -0.2) is 31.4 Å². The van der Waals surface area contributed by atoms with Crippen LogP contribution in [0, 0.1) is 6.92 Å². The molecule has 0 aliphatic heterocycles. The molecule has 0 aliphatic carbocycles. The van der Waals surface area contributed by atoms with Crippen molar-refractivity contribution < 1.29 is 8.42 Å². The van der Waals surface area contributed by atoms with Gasteiger partial charge in [-0.1, -0.05) is 0 Å². The SMILES string of the molecule is Cc1ccc(S(=O)(=O)/C=C(/[Se]c2ccccc2)[Si](C)(C)C)cc1. The molecule has 0 radical (unpaired) electrons. The van der Waals surface area contributed by atoms with E-state index >= 15 is 0 Å². The molecule has 2 rings (SSSR count). The summed E-state index contributed by atoms with van der Waals surface area (Å²) in [7, 11) is -5.10. The second-order valence-corrected chi connectivity index (χ2v) is 16.5. The van der Waals surface area contributed by atoms with E-state index in [1.807, 2.05) is 37.3 Å². The van der Waals surface area contributed by atoms with Crippen molar-refractivity contribution >= 4 is 37.3 Å². The monoisotopic (exact) mass is 410 g/mol. The molecule has 0 saturated carbocycles. The molecule has 0 aromatic heterocycles. The molecule has 0 spiro atoms. The van der Waals surface area contributed by atoms with Crippen molar-refractivity contribution in [1.82, 2.24) is 0 Å². The Morgan fingerprint density at radius 1 is 0.957 bits per heavy atom. The van der Waals surface area contributed by atoms with Crippen molar-refractivity contribution in [1.29, 1.82) is 0 Å². The molecule has 0 N–H and O–H groups in total. The van der Waals surface area contributed by atoms with Crippen molar-refractivity contribution in [2.75, 3.05) is 0 Å². The molecule has 0 fully saturated rings. The zero-order valence-electron chi connectivity index (χ0n) is 13.9. The predicted octanol–water partition coefficient (Wildman–Crippen LogP) is 3.52. The van der Waals surface area contributed by atoms with Crippen LogP contribution >= 0.6 is 0 Å². The minimum atomic E-state index is -3.39. The van der Waals surface area contributed by atoms with Gasteiger partial charge in [0.1, 0.15) is 0 Å². The van der Waals surface area contributed by atoms with Gasteiger partial charge in [-0.25, -0.2) is 0 Å². The van der Waals surface area contributed by atoms with Crippen molar-refractivity contribution in [3.05, 3.63) is 69.7 Å². The topological polar surface area (TPSA) is 34.1 Å². The first-order valence-electron chi connectivity index (χ1n) is 7.45. The molecular formula is C18H22O2SSeSi. The molecule has 0 heterocycles. The van der Waals surface area contributed by atoms with Crippen LogP contribution in [0.5, 0.6) is 0 Å². The van der Waals surface area contributed by atoms with E-state index in [0.29, 0.717) is 4.90 Å². The summed E-state index contributed by atoms with van der Waals surface area (Å²) >= 11 is 0.0451. The average molecular weight is 409 g/mol. The van der Waals surface area contributed by atoms with Crippen LogP contribution in [0.3, 0.4) is 0 Å². The normalized spacial score (nSPS) is 13.1. The fraction of sp³-hybridized carbons (Fsp3) is 0.222. The van der Waals surface area contributed by atoms with Crippen molar-refractivity contribution in [3.8, 4) is 0 Å². The van der Waals surface area contributed by atoms with E-state index in [0.717, 1.165) is 9.66 Å². The summed E-state index contributed by atoms with van der Waals surface area (Å²) in [5.41, 5.74) is 1.06. The molecule has 0 atom stereocenters. The number of hydrogen-bond acceptors (Lipinski definition) is 2. The Morgan fingerprint density at radius 3 is 2.04 bits per heavy atom. The van der Waals surface area contributed by atoms with Crippen molar-refractivity contribution in [2.45, 2.75) is 31.5 Å². The Hall–Kier alpha value is -1.13. The van der Waals surface area contributed by atoms with E-state index in [2.05, 4.69) is 31.8 Å². The maximum absolute atomic E-state index is 12.7. The number of aryl methyl sites for hydroxylation is 1. The minimum absolute atomic E-state index is 0.0451. The summed E-state index contributed by atoms with van der Waals surface area (Å²) in [4.78, 5) is 0.378. The Morgan fingerprint density at radius 2 is 1.52 bits per heavy atom. The second-order valence-electron chi connectivity index (χ2n) is 6.51. The van der Waals surface area contributed by atoms with Crippen LogP contribution in [0.25, 0.3) is 0 Å². The van der Waals surface area contributed by atoms with Crippen molar-refractivity contribution in [3.63, 3.8) is 0 Å². The van der Waals surface area contributed by atoms with Gasteiger partial charge >= 0.3 is 147 Å². The predicted molar refractivity (Wildman–Crippen MR) is 102 cm³/mol. The first-order valence-corrected chi connectivity index (χ1v) is 14.2. The zero-order chi connectivity index (χ0) is 17.1. The number of sulfone groups is 1. The Bertz CT molecular complexity index is 789. The third-order valence-electron chi connectivity index (χ3n) is 3.32. The number of hydrogen-bond donors (Lipinski definition) is 0. The summed E-state index contributed by atoms with van der Waals surface area (Å²) in [6.45, 7) is 8.56. The van der Waals surface area contributed by atoms with E-state index in [4.69, 9.17) is 0 Å². The Labute approximate surface area is 146 Å². The van der Waals surface area contributed by atoms with E-state index in [1.54, 1.807) is 12.1 Å². The zero-order valence-corrected chi connectivity index (χ0v) is 17.4. The van der Waals surface area contributed by atoms with Crippen LogP contribution < -0.4 is 4.46 Å². The fourth-order valence-electron chi connectivity index (χ4n) is 1.91. The molecule has 2 aromatic rings. The molecule has 0 saturated heterocycles. The van der Waals surface area contributed by atoms with Gasteiger partial charge in [0.2, 0.25) is 0 Å². The van der Waals surface area contributed by atoms with Gasteiger partial charge in [0, 0.05) is 0 Å². The third kappa shape index (κ3) is 5.18. The summed E-state index contributed by atoms with van der Waals surface area (Å²) in [5, 5.41) is 1.54. The van der Waals surface area contributed by atoms with Gasteiger partial charge in [0.25, 0.3) is 0 Å². The number of benzene rings is 2. The van der Waals surface area contributed by atoms with Crippen LogP contribution in [0.1, 0.15) is 5.56 Å². The van der Waals surface area contributed by atoms with E-state index in [1.165, 1.54) is 9.87 Å². The Kier molecular flexibility index (Phi) is 5.68. The summed E-state index contributed by atoms with van der Waals surface area (Å²) in [6, 6.07) is 17.2. The van der Waals surface area contributed by atoms with Gasteiger partial charge in [-0.2, -0.15) is 0 Å².